The van der Waals surface area contributed by atoms with Gasteiger partial charge >= 0.3 is 12.1 Å². The van der Waals surface area contributed by atoms with E-state index in [1.165, 1.54) is 22.3 Å². The first kappa shape index (κ1) is 22.4. The molecule has 2 N–H and O–H groups in total. The predicted molar refractivity (Wildman–Crippen MR) is 123 cm³/mol. The Morgan fingerprint density at radius 3 is 2.29 bits per heavy atom. The van der Waals surface area contributed by atoms with Crippen LogP contribution in [0, 0.1) is 11.8 Å². The topological polar surface area (TPSA) is 105 Å². The number of aliphatic carboxylic acids is 1. The van der Waals surface area contributed by atoms with E-state index >= 15 is 0 Å². The summed E-state index contributed by atoms with van der Waals surface area (Å²) in [5.74, 6) is -0.988. The lowest BCUT2D eigenvalue weighted by Crippen LogP contribution is -2.63. The van der Waals surface area contributed by atoms with Crippen LogP contribution in [0.1, 0.15) is 30.4 Å². The first-order chi connectivity index (χ1) is 16.3. The molecule has 0 aromatic heterocycles. The molecule has 1 aliphatic heterocycles. The Morgan fingerprint density at radius 1 is 1.06 bits per heavy atom. The van der Waals surface area contributed by atoms with E-state index in [9.17, 15) is 14.4 Å². The van der Waals surface area contributed by atoms with E-state index in [1.54, 1.807) is 4.90 Å². The van der Waals surface area contributed by atoms with Crippen LogP contribution in [0.2, 0.25) is 0 Å². The van der Waals surface area contributed by atoms with Crippen LogP contribution in [0.25, 0.3) is 11.1 Å². The number of carboxylic acid groups (broad SMARTS) is 1. The fourth-order valence-corrected chi connectivity index (χ4v) is 5.12. The minimum Gasteiger partial charge on any atom is -0.480 e. The third kappa shape index (κ3) is 4.37. The summed E-state index contributed by atoms with van der Waals surface area (Å²) in [7, 11) is 0. The molecule has 2 aromatic carbocycles. The van der Waals surface area contributed by atoms with E-state index < -0.39 is 17.7 Å². The van der Waals surface area contributed by atoms with Crippen LogP contribution in [0.5, 0.6) is 0 Å². The Hall–Kier alpha value is -3.39. The number of fused-ring (bicyclic) bond motifs is 3. The zero-order valence-corrected chi connectivity index (χ0v) is 19.0. The van der Waals surface area contributed by atoms with Gasteiger partial charge in [-0.3, -0.25) is 4.79 Å². The number of hydrogen-bond donors (Lipinski definition) is 2. The summed E-state index contributed by atoms with van der Waals surface area (Å²) in [5.41, 5.74) is 4.10. The number of rotatable bonds is 8. The third-order valence-corrected chi connectivity index (χ3v) is 7.00. The molecule has 8 nitrogen and oxygen atoms in total. The normalized spacial score (nSPS) is 21.7. The van der Waals surface area contributed by atoms with Gasteiger partial charge in [-0.15, -0.1) is 0 Å². The van der Waals surface area contributed by atoms with E-state index in [1.807, 2.05) is 31.2 Å². The fourth-order valence-electron chi connectivity index (χ4n) is 5.12. The maximum Gasteiger partial charge on any atom is 0.407 e. The number of amides is 2. The van der Waals surface area contributed by atoms with Gasteiger partial charge in [0.05, 0.1) is 13.1 Å². The SMILES string of the molecule is CC1(OCC(=O)O)CN(C(=O)[C@H]2C[C@H]2CNC(=O)OCC2c3ccccc3-c3ccccc32)C1. The number of nitrogens with zero attached hydrogens (tertiary/aromatic N) is 1. The van der Waals surface area contributed by atoms with Crippen molar-refractivity contribution in [2.75, 3.05) is 32.8 Å². The van der Waals surface area contributed by atoms with Gasteiger partial charge in [-0.1, -0.05) is 48.5 Å². The van der Waals surface area contributed by atoms with Crippen LogP contribution in [0.3, 0.4) is 0 Å². The molecule has 2 aromatic rings. The van der Waals surface area contributed by atoms with Crippen molar-refractivity contribution in [3.63, 3.8) is 0 Å². The zero-order chi connectivity index (χ0) is 23.9. The lowest BCUT2D eigenvalue weighted by atomic mass is 9.95. The van der Waals surface area contributed by atoms with E-state index in [0.717, 1.165) is 6.42 Å². The van der Waals surface area contributed by atoms with Gasteiger partial charge in [0.1, 0.15) is 18.8 Å². The Kier molecular flexibility index (Phi) is 5.77. The molecule has 3 aliphatic rings. The largest absolute Gasteiger partial charge is 0.480 e. The van der Waals surface area contributed by atoms with E-state index in [-0.39, 0.29) is 36.9 Å². The van der Waals surface area contributed by atoms with Crippen LogP contribution in [-0.2, 0) is 19.1 Å². The fraction of sp³-hybridized carbons (Fsp3) is 0.423. The summed E-state index contributed by atoms with van der Waals surface area (Å²) < 4.78 is 10.9. The van der Waals surface area contributed by atoms with Crippen molar-refractivity contribution in [2.45, 2.75) is 24.9 Å². The van der Waals surface area contributed by atoms with E-state index in [2.05, 4.69) is 29.6 Å². The molecule has 1 saturated heterocycles. The second-order valence-corrected chi connectivity index (χ2v) is 9.64. The van der Waals surface area contributed by atoms with Crippen LogP contribution >= 0.6 is 0 Å². The molecule has 2 fully saturated rings. The smallest absolute Gasteiger partial charge is 0.407 e. The Bertz CT molecular complexity index is 1080. The molecule has 5 rings (SSSR count). The second kappa shape index (κ2) is 8.76. The number of hydrogen-bond acceptors (Lipinski definition) is 5. The zero-order valence-electron chi connectivity index (χ0n) is 19.0. The van der Waals surface area contributed by atoms with Gasteiger partial charge in [-0.2, -0.15) is 0 Å². The average molecular weight is 465 g/mol. The highest BCUT2D eigenvalue weighted by Gasteiger charge is 2.50. The number of carbonyl (C=O) groups is 3. The molecule has 1 saturated carbocycles. The highest BCUT2D eigenvalue weighted by Crippen LogP contribution is 2.44. The molecule has 2 aliphatic carbocycles. The quantitative estimate of drug-likeness (QED) is 0.623. The number of nitrogens with one attached hydrogen (secondary N) is 1. The van der Waals surface area contributed by atoms with Crippen molar-refractivity contribution in [2.24, 2.45) is 11.8 Å². The maximum absolute atomic E-state index is 12.6. The van der Waals surface area contributed by atoms with Crippen LogP contribution < -0.4 is 5.32 Å². The van der Waals surface area contributed by atoms with Gasteiger partial charge in [0.2, 0.25) is 5.91 Å². The van der Waals surface area contributed by atoms with Gasteiger partial charge in [-0.25, -0.2) is 9.59 Å². The number of alkyl carbamates (subject to hydrolysis) is 1. The number of carbonyl (C=O) groups excluding carboxylic acids is 2. The molecular weight excluding hydrogens is 436 g/mol. The van der Waals surface area contributed by atoms with Crippen LogP contribution in [0.4, 0.5) is 4.79 Å². The van der Waals surface area contributed by atoms with Gasteiger partial charge < -0.3 is 24.8 Å². The molecule has 2 atom stereocenters. The summed E-state index contributed by atoms with van der Waals surface area (Å²) in [6.45, 7) is 2.88. The van der Waals surface area contributed by atoms with Crippen molar-refractivity contribution in [3.05, 3.63) is 59.7 Å². The second-order valence-electron chi connectivity index (χ2n) is 9.64. The van der Waals surface area contributed by atoms with Gasteiger partial charge in [0.15, 0.2) is 0 Å². The van der Waals surface area contributed by atoms with E-state index in [0.29, 0.717) is 19.6 Å². The van der Waals surface area contributed by atoms with Gasteiger partial charge in [0.25, 0.3) is 0 Å². The molecule has 1 heterocycles. The van der Waals surface area contributed by atoms with Crippen molar-refractivity contribution in [3.8, 4) is 11.1 Å². The predicted octanol–water partition coefficient (Wildman–Crippen LogP) is 2.86. The Labute approximate surface area is 197 Å². The highest BCUT2D eigenvalue weighted by atomic mass is 16.5. The monoisotopic (exact) mass is 464 g/mol. The number of ether oxygens (including phenoxy) is 2. The number of carboxylic acids is 1. The summed E-state index contributed by atoms with van der Waals surface area (Å²) in [6.07, 6.45) is 0.254. The molecule has 0 bridgehead atoms. The molecule has 2 amide bonds. The third-order valence-electron chi connectivity index (χ3n) is 7.00. The average Bonchev–Trinajstić information content (AvgIpc) is 3.53. The van der Waals surface area contributed by atoms with Crippen molar-refractivity contribution in [1.29, 1.82) is 0 Å². The summed E-state index contributed by atoms with van der Waals surface area (Å²) in [5, 5.41) is 11.5. The van der Waals surface area contributed by atoms with Crippen molar-refractivity contribution >= 4 is 18.0 Å². The maximum atomic E-state index is 12.6. The lowest BCUT2D eigenvalue weighted by Gasteiger charge is -2.47. The van der Waals surface area contributed by atoms with Crippen molar-refractivity contribution in [1.82, 2.24) is 10.2 Å². The van der Waals surface area contributed by atoms with Gasteiger partial charge in [0, 0.05) is 18.4 Å². The lowest BCUT2D eigenvalue weighted by molar-refractivity contribution is -0.174. The number of likely N-dealkylation sites (tertiary alicyclic amines) is 1. The van der Waals surface area contributed by atoms with Crippen molar-refractivity contribution < 1.29 is 29.0 Å². The minimum atomic E-state index is -1.02. The minimum absolute atomic E-state index is 0.0116. The first-order valence-corrected chi connectivity index (χ1v) is 11.6. The molecule has 34 heavy (non-hydrogen) atoms. The van der Waals surface area contributed by atoms with Crippen LogP contribution in [-0.4, -0.2) is 66.4 Å². The molecule has 8 heteroatoms. The molecule has 0 unspecified atom stereocenters. The number of benzene rings is 2. The highest BCUT2D eigenvalue weighted by molar-refractivity contribution is 5.83. The summed E-state index contributed by atoms with van der Waals surface area (Å²) in [4.78, 5) is 37.3. The summed E-state index contributed by atoms with van der Waals surface area (Å²) >= 11 is 0. The summed E-state index contributed by atoms with van der Waals surface area (Å²) in [6, 6.07) is 16.4. The first-order valence-electron chi connectivity index (χ1n) is 11.6. The standard InChI is InChI=1S/C26H28N2O6/c1-26(34-13-23(29)30)14-28(15-26)24(31)21-10-16(21)11-27-25(32)33-12-22-19-8-4-2-6-17(19)18-7-3-5-9-20(18)22/h2-9,16,21-22H,10-15H2,1H3,(H,27,32)(H,29,30)/t16-,21-/m0/s1. The van der Waals surface area contributed by atoms with Crippen LogP contribution in [0.15, 0.2) is 48.5 Å². The van der Waals surface area contributed by atoms with Gasteiger partial charge in [-0.05, 0) is 41.5 Å². The molecule has 0 radical (unpaired) electrons. The Morgan fingerprint density at radius 2 is 1.68 bits per heavy atom. The Balaban J connectivity index is 1.06. The molecular formula is C26H28N2O6. The van der Waals surface area contributed by atoms with E-state index in [4.69, 9.17) is 14.6 Å². The molecule has 178 valence electrons. The molecule has 0 spiro atoms.